The van der Waals surface area contributed by atoms with Gasteiger partial charge in [-0.05, 0) is 12.1 Å². The zero-order valence-electron chi connectivity index (χ0n) is 15.2. The Morgan fingerprint density at radius 3 is 2.54 bits per heavy atom. The number of carbonyl (C=O) groups excluding carboxylic acids is 1. The van der Waals surface area contributed by atoms with E-state index in [9.17, 15) is 10.1 Å². The summed E-state index contributed by atoms with van der Waals surface area (Å²) < 4.78 is 10.4. The van der Waals surface area contributed by atoms with Gasteiger partial charge < -0.3 is 25.4 Å². The van der Waals surface area contributed by atoms with Crippen LogP contribution in [0.15, 0.2) is 30.0 Å². The normalized spacial score (nSPS) is 15.3. The fraction of sp³-hybridized carbons (Fsp3) is 0.444. The number of rotatable bonds is 7. The molecule has 140 valence electrons. The summed E-state index contributed by atoms with van der Waals surface area (Å²) in [5, 5.41) is 12.3. The number of ether oxygens (including phenoxy) is 2. The highest BCUT2D eigenvalue weighted by atomic mass is 16.5. The second kappa shape index (κ2) is 9.65. The maximum Gasteiger partial charge on any atom is 0.266 e. The zero-order valence-corrected chi connectivity index (χ0v) is 15.2. The number of benzene rings is 1. The van der Waals surface area contributed by atoms with E-state index in [-0.39, 0.29) is 11.5 Å². The van der Waals surface area contributed by atoms with Gasteiger partial charge in [-0.25, -0.2) is 0 Å². The second-order valence-electron chi connectivity index (χ2n) is 5.81. The van der Waals surface area contributed by atoms with Gasteiger partial charge in [0.05, 0.1) is 14.2 Å². The molecule has 0 aromatic heterocycles. The summed E-state index contributed by atoms with van der Waals surface area (Å²) in [5.41, 5.74) is 6.31. The molecular weight excluding hydrogens is 334 g/mol. The topological polar surface area (TPSA) is 104 Å². The Balaban J connectivity index is 2.02. The smallest absolute Gasteiger partial charge is 0.266 e. The summed E-state index contributed by atoms with van der Waals surface area (Å²) in [6.07, 6.45) is 1.43. The number of methoxy groups -OCH3 is 2. The van der Waals surface area contributed by atoms with Crippen LogP contribution in [0.5, 0.6) is 11.5 Å². The molecule has 26 heavy (non-hydrogen) atoms. The van der Waals surface area contributed by atoms with Gasteiger partial charge in [-0.1, -0.05) is 0 Å². The quantitative estimate of drug-likeness (QED) is 0.543. The van der Waals surface area contributed by atoms with Crippen LogP contribution in [-0.4, -0.2) is 69.2 Å². The van der Waals surface area contributed by atoms with E-state index in [4.69, 9.17) is 15.2 Å². The number of nitrogens with zero attached hydrogens (tertiary/aromatic N) is 3. The first-order valence-corrected chi connectivity index (χ1v) is 8.43. The van der Waals surface area contributed by atoms with E-state index in [2.05, 4.69) is 10.2 Å². The van der Waals surface area contributed by atoms with Crippen molar-refractivity contribution in [2.24, 2.45) is 5.73 Å². The van der Waals surface area contributed by atoms with Gasteiger partial charge in [0, 0.05) is 57.2 Å². The highest BCUT2D eigenvalue weighted by Crippen LogP contribution is 2.29. The number of piperazine rings is 1. The van der Waals surface area contributed by atoms with Crippen molar-refractivity contribution in [1.82, 2.24) is 9.80 Å². The van der Waals surface area contributed by atoms with Crippen LogP contribution in [0.3, 0.4) is 0 Å². The largest absolute Gasteiger partial charge is 0.493 e. The molecule has 8 heteroatoms. The lowest BCUT2D eigenvalue weighted by molar-refractivity contribution is -0.128. The van der Waals surface area contributed by atoms with Crippen molar-refractivity contribution in [3.05, 3.63) is 30.0 Å². The molecule has 1 aromatic rings. The van der Waals surface area contributed by atoms with Crippen molar-refractivity contribution in [3.63, 3.8) is 0 Å². The second-order valence-corrected chi connectivity index (χ2v) is 5.81. The molecule has 0 aliphatic carbocycles. The van der Waals surface area contributed by atoms with E-state index in [1.54, 1.807) is 37.3 Å². The van der Waals surface area contributed by atoms with E-state index < -0.39 is 0 Å². The molecule has 3 N–H and O–H groups in total. The van der Waals surface area contributed by atoms with Crippen molar-refractivity contribution >= 4 is 11.6 Å². The molecule has 1 heterocycles. The van der Waals surface area contributed by atoms with Crippen LogP contribution in [-0.2, 0) is 4.79 Å². The van der Waals surface area contributed by atoms with Crippen LogP contribution in [0, 0.1) is 11.3 Å². The number of hydrogen-bond donors (Lipinski definition) is 2. The molecule has 2 rings (SSSR count). The minimum absolute atomic E-state index is 0.0621. The highest BCUT2D eigenvalue weighted by molar-refractivity contribution is 5.97. The first kappa shape index (κ1) is 19.6. The summed E-state index contributed by atoms with van der Waals surface area (Å²) in [5.74, 6) is 0.897. The monoisotopic (exact) mass is 359 g/mol. The number of nitrogens with two attached hydrogens (primary N) is 1. The number of nitriles is 1. The van der Waals surface area contributed by atoms with Gasteiger partial charge in [-0.15, -0.1) is 0 Å². The minimum Gasteiger partial charge on any atom is -0.493 e. The molecule has 0 radical (unpaired) electrons. The molecule has 1 saturated heterocycles. The Kier molecular flexibility index (Phi) is 7.26. The molecule has 0 atom stereocenters. The summed E-state index contributed by atoms with van der Waals surface area (Å²) in [6.45, 7) is 4.15. The molecule has 8 nitrogen and oxygen atoms in total. The lowest BCUT2D eigenvalue weighted by Gasteiger charge is -2.34. The molecule has 1 amide bonds. The fourth-order valence-corrected chi connectivity index (χ4v) is 2.75. The number of carbonyl (C=O) groups is 1. The van der Waals surface area contributed by atoms with Crippen LogP contribution < -0.4 is 20.5 Å². The lowest BCUT2D eigenvalue weighted by Crippen LogP contribution is -2.50. The van der Waals surface area contributed by atoms with Crippen LogP contribution in [0.1, 0.15) is 0 Å². The first-order valence-electron chi connectivity index (χ1n) is 8.43. The number of anilines is 1. The third-order valence-corrected chi connectivity index (χ3v) is 4.22. The third-order valence-electron chi connectivity index (χ3n) is 4.22. The van der Waals surface area contributed by atoms with E-state index in [1.807, 2.05) is 6.07 Å². The van der Waals surface area contributed by atoms with Gasteiger partial charge in [0.1, 0.15) is 11.6 Å². The summed E-state index contributed by atoms with van der Waals surface area (Å²) in [4.78, 5) is 16.4. The Morgan fingerprint density at radius 1 is 1.27 bits per heavy atom. The standard InChI is InChI=1S/C18H25N5O3/c1-25-16-4-3-15(11-17(16)26-2)21-13-14(12-20)18(24)23-9-7-22(6-5-19)8-10-23/h3-4,11,13,21H,5-10,19H2,1-2H3/b14-13-. The molecule has 0 spiro atoms. The number of amides is 1. The molecule has 1 aromatic carbocycles. The van der Waals surface area contributed by atoms with E-state index >= 15 is 0 Å². The fourth-order valence-electron chi connectivity index (χ4n) is 2.75. The molecule has 0 saturated carbocycles. The first-order chi connectivity index (χ1) is 12.6. The molecule has 1 fully saturated rings. The molecule has 0 unspecified atom stereocenters. The average molecular weight is 359 g/mol. The van der Waals surface area contributed by atoms with Gasteiger partial charge in [0.15, 0.2) is 11.5 Å². The summed E-state index contributed by atoms with van der Waals surface area (Å²) in [7, 11) is 3.11. The van der Waals surface area contributed by atoms with Crippen LogP contribution in [0.4, 0.5) is 5.69 Å². The van der Waals surface area contributed by atoms with Gasteiger partial charge >= 0.3 is 0 Å². The van der Waals surface area contributed by atoms with E-state index in [0.29, 0.717) is 36.8 Å². The van der Waals surface area contributed by atoms with Gasteiger partial charge in [-0.2, -0.15) is 5.26 Å². The SMILES string of the molecule is COc1ccc(N/C=C(/C#N)C(=O)N2CCN(CCN)CC2)cc1OC. The van der Waals surface area contributed by atoms with Crippen LogP contribution >= 0.6 is 0 Å². The molecule has 0 bridgehead atoms. The lowest BCUT2D eigenvalue weighted by atomic mass is 10.2. The van der Waals surface area contributed by atoms with Crippen LogP contribution in [0.25, 0.3) is 0 Å². The van der Waals surface area contributed by atoms with Crippen molar-refractivity contribution in [1.29, 1.82) is 5.26 Å². The minimum atomic E-state index is -0.270. The van der Waals surface area contributed by atoms with Crippen LogP contribution in [0.2, 0.25) is 0 Å². The Morgan fingerprint density at radius 2 is 1.96 bits per heavy atom. The van der Waals surface area contributed by atoms with Crippen molar-refractivity contribution in [2.45, 2.75) is 0 Å². The number of hydrogen-bond acceptors (Lipinski definition) is 7. The van der Waals surface area contributed by atoms with Crippen molar-refractivity contribution in [3.8, 4) is 17.6 Å². The van der Waals surface area contributed by atoms with E-state index in [1.165, 1.54) is 6.20 Å². The van der Waals surface area contributed by atoms with Gasteiger partial charge in [0.2, 0.25) is 0 Å². The predicted molar refractivity (Wildman–Crippen MR) is 98.9 cm³/mol. The average Bonchev–Trinajstić information content (AvgIpc) is 2.68. The van der Waals surface area contributed by atoms with Gasteiger partial charge in [0.25, 0.3) is 5.91 Å². The third kappa shape index (κ3) is 4.88. The van der Waals surface area contributed by atoms with Crippen molar-refractivity contribution < 1.29 is 14.3 Å². The molecule has 1 aliphatic rings. The van der Waals surface area contributed by atoms with Gasteiger partial charge in [-0.3, -0.25) is 9.69 Å². The highest BCUT2D eigenvalue weighted by Gasteiger charge is 2.23. The Hall–Kier alpha value is -2.76. The summed E-state index contributed by atoms with van der Waals surface area (Å²) >= 11 is 0. The molecule has 1 aliphatic heterocycles. The Bertz CT molecular complexity index is 691. The maximum absolute atomic E-state index is 12.5. The maximum atomic E-state index is 12.5. The number of nitrogens with one attached hydrogen (secondary N) is 1. The zero-order chi connectivity index (χ0) is 18.9. The predicted octanol–water partition coefficient (Wildman–Crippen LogP) is 0.626. The summed E-state index contributed by atoms with van der Waals surface area (Å²) in [6, 6.07) is 7.24. The Labute approximate surface area is 153 Å². The van der Waals surface area contributed by atoms with E-state index in [0.717, 1.165) is 19.6 Å². The molecular formula is C18H25N5O3. The van der Waals surface area contributed by atoms with Crippen molar-refractivity contribution in [2.75, 3.05) is 58.8 Å².